The molecule has 1 N–H and O–H groups in total. The van der Waals surface area contributed by atoms with Gasteiger partial charge in [0.05, 0.1) is 0 Å². The van der Waals surface area contributed by atoms with Gasteiger partial charge in [0.2, 0.25) is 0 Å². The molecular formula is C3H5BLiN. The quantitative estimate of drug-likeness (QED) is 0.361. The Bertz CT molecular complexity index is 80.9. The number of hydrogen-bond donors (Lipinski definition) is 1. The second-order valence-corrected chi connectivity index (χ2v) is 1.60. The van der Waals surface area contributed by atoms with E-state index in [-0.39, 0.29) is 0 Å². The number of rotatable bonds is 0. The number of nitrogens with one attached hydrogen (secondary N) is 1. The molecule has 0 saturated heterocycles. The molecule has 0 bridgehead atoms. The van der Waals surface area contributed by atoms with E-state index in [4.69, 9.17) is 0 Å². The van der Waals surface area contributed by atoms with Crippen molar-refractivity contribution in [3.05, 3.63) is 0 Å². The Labute approximate surface area is 47.6 Å². The van der Waals surface area contributed by atoms with E-state index in [9.17, 15) is 0 Å². The minimum atomic E-state index is 1.14. The van der Waals surface area contributed by atoms with Crippen molar-refractivity contribution in [2.75, 3.05) is 6.54 Å². The molecule has 0 amide bonds. The van der Waals surface area contributed by atoms with Gasteiger partial charge in [0.25, 0.3) is 0 Å². The molecule has 0 aromatic rings. The van der Waals surface area contributed by atoms with Gasteiger partial charge in [0.15, 0.2) is 0 Å². The van der Waals surface area contributed by atoms with Crippen LogP contribution in [0.1, 0.15) is 0 Å². The molecule has 1 rings (SSSR count). The summed E-state index contributed by atoms with van der Waals surface area (Å²) in [6.45, 7) is 3.35. The van der Waals surface area contributed by atoms with E-state index < -0.39 is 0 Å². The zero-order valence-electron chi connectivity index (χ0n) is 3.99. The summed E-state index contributed by atoms with van der Waals surface area (Å²) in [5, 5.41) is 3.18. The van der Waals surface area contributed by atoms with Gasteiger partial charge in [-0.25, -0.2) is 0 Å². The molecule has 26 valence electrons. The van der Waals surface area contributed by atoms with Gasteiger partial charge in [-0.15, -0.1) is 0 Å². The zero-order chi connectivity index (χ0) is 4.41. The maximum atomic E-state index is 3.18. The third kappa shape index (κ3) is 0.895. The van der Waals surface area contributed by atoms with Crippen LogP contribution >= 0.6 is 0 Å². The molecule has 1 aliphatic rings. The van der Waals surface area contributed by atoms with Crippen LogP contribution < -0.4 is 5.32 Å². The average molecular weight is 72.8 g/mol. The second-order valence-electron chi connectivity index (χ2n) is 1.60. The van der Waals surface area contributed by atoms with E-state index in [2.05, 4.69) is 30.0 Å². The van der Waals surface area contributed by atoms with E-state index in [0.29, 0.717) is 0 Å². The van der Waals surface area contributed by atoms with E-state index in [1.807, 2.05) is 0 Å². The van der Waals surface area contributed by atoms with Crippen molar-refractivity contribution >= 4 is 28.9 Å². The zero-order valence-corrected chi connectivity index (χ0v) is 3.99. The van der Waals surface area contributed by atoms with Gasteiger partial charge in [0, 0.05) is 0 Å². The normalized spacial score (nSPS) is 18.7. The molecular weight excluding hydrogens is 67.8 g/mol. The predicted molar refractivity (Wildman–Crippen MR) is 29.3 cm³/mol. The number of hydrogen-bond acceptors (Lipinski definition) is 1. The van der Waals surface area contributed by atoms with Gasteiger partial charge < -0.3 is 0 Å². The molecule has 1 aliphatic heterocycles. The molecule has 6 heavy (non-hydrogen) atoms. The van der Waals surface area contributed by atoms with Crippen LogP contribution in [0.4, 0.5) is 0 Å². The molecule has 0 saturated carbocycles. The summed E-state index contributed by atoms with van der Waals surface area (Å²) in [6, 6.07) is 0. The van der Waals surface area contributed by atoms with Crippen LogP contribution in [0.15, 0.2) is 0 Å². The van der Waals surface area contributed by atoms with Crippen LogP contribution in [0.2, 0.25) is 6.32 Å². The minimum absolute atomic E-state index is 1.14. The Balaban J connectivity index is 2.45. The van der Waals surface area contributed by atoms with E-state index in [0.717, 1.165) is 6.54 Å². The van der Waals surface area contributed by atoms with E-state index in [1.54, 1.807) is 0 Å². The first kappa shape index (κ1) is 4.49. The Hall–Kier alpha value is 0.332. The fourth-order valence-electron chi connectivity index (χ4n) is 0.630. The van der Waals surface area contributed by atoms with Crippen molar-refractivity contribution in [2.45, 2.75) is 6.32 Å². The monoisotopic (exact) mass is 73.1 g/mol. The molecule has 0 aliphatic carbocycles. The SMILES string of the molecule is [Li][C]1=BCCN1. The predicted octanol–water partition coefficient (Wildman–Crippen LogP) is -1.03. The van der Waals surface area contributed by atoms with Crippen molar-refractivity contribution in [3.63, 3.8) is 0 Å². The molecule has 0 atom stereocenters. The first-order chi connectivity index (χ1) is 2.89. The fraction of sp³-hybridized carbons (Fsp3) is 0.667. The molecule has 1 heterocycles. The van der Waals surface area contributed by atoms with Crippen molar-refractivity contribution in [1.29, 1.82) is 0 Å². The van der Waals surface area contributed by atoms with Crippen molar-refractivity contribution in [3.8, 4) is 0 Å². The summed E-state index contributed by atoms with van der Waals surface area (Å²) < 4.78 is 1.33. The molecule has 0 aromatic heterocycles. The van der Waals surface area contributed by atoms with Crippen LogP contribution in [0.5, 0.6) is 0 Å². The molecule has 0 radical (unpaired) electrons. The summed E-state index contributed by atoms with van der Waals surface area (Å²) >= 11 is 2.09. The second kappa shape index (κ2) is 1.86. The van der Waals surface area contributed by atoms with Crippen LogP contribution in [-0.4, -0.2) is 35.4 Å². The van der Waals surface area contributed by atoms with Crippen LogP contribution in [-0.2, 0) is 0 Å². The average Bonchev–Trinajstić information content (AvgIpc) is 1.86. The van der Waals surface area contributed by atoms with Crippen molar-refractivity contribution in [2.24, 2.45) is 0 Å². The van der Waals surface area contributed by atoms with Crippen LogP contribution in [0, 0.1) is 0 Å². The standard InChI is InChI=1S/C3H5BN.Li/c1-2-5-3-4-1;/h5H,1-2H2;. The Morgan fingerprint density at radius 3 is 2.83 bits per heavy atom. The van der Waals surface area contributed by atoms with Gasteiger partial charge in [0.1, 0.15) is 0 Å². The summed E-state index contributed by atoms with van der Waals surface area (Å²) in [6.07, 6.45) is 1.21. The Morgan fingerprint density at radius 2 is 2.67 bits per heavy atom. The molecule has 0 spiro atoms. The van der Waals surface area contributed by atoms with Gasteiger partial charge in [-0.3, -0.25) is 0 Å². The fourth-order valence-corrected chi connectivity index (χ4v) is 0.630. The summed E-state index contributed by atoms with van der Waals surface area (Å²) in [5.74, 6) is 0. The topological polar surface area (TPSA) is 12.0 Å². The Kier molecular flexibility index (Phi) is 1.39. The first-order valence-corrected chi connectivity index (χ1v) is 2.30. The molecule has 0 fully saturated rings. The van der Waals surface area contributed by atoms with Gasteiger partial charge in [-0.2, -0.15) is 0 Å². The summed E-state index contributed by atoms with van der Waals surface area (Å²) in [5.41, 5.74) is 0. The summed E-state index contributed by atoms with van der Waals surface area (Å²) in [4.78, 5) is 0. The van der Waals surface area contributed by atoms with E-state index in [1.165, 1.54) is 10.6 Å². The molecule has 0 unspecified atom stereocenters. The van der Waals surface area contributed by atoms with E-state index >= 15 is 0 Å². The van der Waals surface area contributed by atoms with Crippen molar-refractivity contribution < 1.29 is 0 Å². The first-order valence-electron chi connectivity index (χ1n) is 2.30. The van der Waals surface area contributed by atoms with Gasteiger partial charge >= 0.3 is 47.1 Å². The van der Waals surface area contributed by atoms with Gasteiger partial charge in [-0.05, 0) is 0 Å². The molecule has 1 nitrogen and oxygen atoms in total. The van der Waals surface area contributed by atoms with Crippen LogP contribution in [0.3, 0.4) is 0 Å². The van der Waals surface area contributed by atoms with Crippen LogP contribution in [0.25, 0.3) is 0 Å². The molecule has 3 heteroatoms. The maximum absolute atomic E-state index is 3.18. The molecule has 0 aromatic carbocycles. The Morgan fingerprint density at radius 1 is 1.83 bits per heavy atom. The summed E-state index contributed by atoms with van der Waals surface area (Å²) in [7, 11) is 0. The van der Waals surface area contributed by atoms with Crippen molar-refractivity contribution in [1.82, 2.24) is 5.32 Å². The third-order valence-corrected chi connectivity index (χ3v) is 0.999. The third-order valence-electron chi connectivity index (χ3n) is 0.999. The van der Waals surface area contributed by atoms with Gasteiger partial charge in [-0.1, -0.05) is 0 Å².